The monoisotopic (exact) mass is 112 g/mol. The van der Waals surface area contributed by atoms with Gasteiger partial charge in [-0.05, 0) is 0 Å². The van der Waals surface area contributed by atoms with Gasteiger partial charge in [0.1, 0.15) is 0 Å². The molecule has 0 unspecified atom stereocenters. The van der Waals surface area contributed by atoms with Gasteiger partial charge in [-0.25, -0.2) is 0 Å². The average molecular weight is 112 g/mol. The molecule has 0 aromatic heterocycles. The summed E-state index contributed by atoms with van der Waals surface area (Å²) in [6.45, 7) is 3.26. The molecule has 1 aliphatic heterocycles. The largest absolute Gasteiger partial charge is 0.391 e. The van der Waals surface area contributed by atoms with Crippen molar-refractivity contribution in [2.75, 3.05) is 0 Å². The second kappa shape index (κ2) is 1.43. The maximum Gasteiger partial charge on any atom is 0.331 e. The van der Waals surface area contributed by atoms with Crippen molar-refractivity contribution in [1.82, 2.24) is 0 Å². The van der Waals surface area contributed by atoms with E-state index >= 15 is 0 Å². The van der Waals surface area contributed by atoms with Gasteiger partial charge in [0.25, 0.3) is 0 Å². The zero-order chi connectivity index (χ0) is 6.15. The Labute approximate surface area is 45.9 Å². The summed E-state index contributed by atoms with van der Waals surface area (Å²) >= 11 is 0. The fraction of sp³-hybridized carbons (Fsp3) is 0.200. The molecule has 1 rings (SSSR count). The Kier molecular flexibility index (Phi) is 0.901. The van der Waals surface area contributed by atoms with Crippen molar-refractivity contribution >= 4 is 11.9 Å². The molecular weight excluding hydrogens is 108 g/mol. The number of carbonyl (C=O) groups is 2. The fourth-order valence-electron chi connectivity index (χ4n) is 0.457. The van der Waals surface area contributed by atoms with Crippen molar-refractivity contribution in [3.8, 4) is 0 Å². The molecule has 0 N–H and O–H groups in total. The zero-order valence-electron chi connectivity index (χ0n) is 4.09. The van der Waals surface area contributed by atoms with Crippen molar-refractivity contribution in [3.63, 3.8) is 0 Å². The van der Waals surface area contributed by atoms with Crippen molar-refractivity contribution in [1.29, 1.82) is 0 Å². The van der Waals surface area contributed by atoms with E-state index in [9.17, 15) is 9.59 Å². The molecule has 0 aromatic carbocycles. The number of hydrogen-bond acceptors (Lipinski definition) is 3. The Bertz CT molecular complexity index is 145. The molecule has 0 aromatic rings. The van der Waals surface area contributed by atoms with Crippen LogP contribution in [0.1, 0.15) is 0 Å². The topological polar surface area (TPSA) is 43.4 Å². The Hall–Kier alpha value is -1.12. The van der Waals surface area contributed by atoms with E-state index in [2.05, 4.69) is 11.3 Å². The first kappa shape index (κ1) is 5.03. The molecule has 1 aliphatic rings. The fourth-order valence-corrected chi connectivity index (χ4v) is 0.457. The average Bonchev–Trinajstić information content (AvgIpc) is 1.67. The minimum Gasteiger partial charge on any atom is -0.391 e. The highest BCUT2D eigenvalue weighted by molar-refractivity contribution is 6.10. The number of esters is 2. The van der Waals surface area contributed by atoms with E-state index in [-0.39, 0.29) is 0 Å². The molecule has 0 bridgehead atoms. The van der Waals surface area contributed by atoms with Crippen molar-refractivity contribution in [2.45, 2.75) is 0 Å². The number of hydrogen-bond donors (Lipinski definition) is 0. The van der Waals surface area contributed by atoms with Crippen LogP contribution in [0.3, 0.4) is 0 Å². The number of cyclic esters (lactones) is 2. The second-order valence-corrected chi connectivity index (χ2v) is 1.45. The summed E-state index contributed by atoms with van der Waals surface area (Å²) < 4.78 is 3.99. The maximum atomic E-state index is 10.2. The summed E-state index contributed by atoms with van der Waals surface area (Å²) in [5.41, 5.74) is 0. The van der Waals surface area contributed by atoms with E-state index in [0.717, 1.165) is 0 Å². The highest BCUT2D eigenvalue weighted by atomic mass is 16.6. The first-order valence-corrected chi connectivity index (χ1v) is 2.14. The first-order chi connectivity index (χ1) is 3.75. The zero-order valence-corrected chi connectivity index (χ0v) is 4.09. The molecule has 0 aliphatic carbocycles. The lowest BCUT2D eigenvalue weighted by molar-refractivity contribution is -0.180. The van der Waals surface area contributed by atoms with Crippen molar-refractivity contribution < 1.29 is 14.3 Å². The second-order valence-electron chi connectivity index (χ2n) is 1.45. The molecule has 1 saturated heterocycles. The Morgan fingerprint density at radius 1 is 1.50 bits per heavy atom. The van der Waals surface area contributed by atoms with Crippen LogP contribution >= 0.6 is 0 Å². The van der Waals surface area contributed by atoms with Crippen LogP contribution in [-0.4, -0.2) is 11.9 Å². The number of carbonyl (C=O) groups excluding carboxylic acids is 2. The Morgan fingerprint density at radius 2 is 2.00 bits per heavy atom. The molecule has 0 saturated carbocycles. The van der Waals surface area contributed by atoms with Crippen molar-refractivity contribution in [2.24, 2.45) is 5.92 Å². The summed E-state index contributed by atoms with van der Waals surface area (Å²) in [5, 5.41) is 0. The van der Waals surface area contributed by atoms with Gasteiger partial charge in [-0.1, -0.05) is 6.08 Å². The predicted octanol–water partition coefficient (Wildman–Crippen LogP) is -0.128. The van der Waals surface area contributed by atoms with Gasteiger partial charge in [0, 0.05) is 0 Å². The van der Waals surface area contributed by atoms with E-state index in [4.69, 9.17) is 0 Å². The standard InChI is InChI=1S/C5H4O3/c1-2-3-4(6)8-5(3)7/h2-3H,1H2. The number of ether oxygens (including phenoxy) is 1. The van der Waals surface area contributed by atoms with Crippen molar-refractivity contribution in [3.05, 3.63) is 12.7 Å². The van der Waals surface area contributed by atoms with E-state index in [1.807, 2.05) is 0 Å². The SMILES string of the molecule is C=CC1C(=O)OC1=O. The molecule has 1 fully saturated rings. The summed E-state index contributed by atoms with van der Waals surface area (Å²) in [4.78, 5) is 20.3. The molecule has 42 valence electrons. The van der Waals surface area contributed by atoms with Crippen LogP contribution in [0.2, 0.25) is 0 Å². The van der Waals surface area contributed by atoms with Gasteiger partial charge in [-0.2, -0.15) is 0 Å². The Morgan fingerprint density at radius 3 is 2.12 bits per heavy atom. The highest BCUT2D eigenvalue weighted by Gasteiger charge is 2.38. The molecule has 0 radical (unpaired) electrons. The van der Waals surface area contributed by atoms with Crippen LogP contribution in [-0.2, 0) is 14.3 Å². The van der Waals surface area contributed by atoms with E-state index in [1.54, 1.807) is 0 Å². The Balaban J connectivity index is 2.65. The smallest absolute Gasteiger partial charge is 0.331 e. The summed E-state index contributed by atoms with van der Waals surface area (Å²) in [6, 6.07) is 0. The third-order valence-electron chi connectivity index (χ3n) is 0.945. The van der Waals surface area contributed by atoms with Gasteiger partial charge >= 0.3 is 11.9 Å². The van der Waals surface area contributed by atoms with Gasteiger partial charge in [0.2, 0.25) is 0 Å². The molecule has 3 heteroatoms. The predicted molar refractivity (Wildman–Crippen MR) is 24.8 cm³/mol. The summed E-state index contributed by atoms with van der Waals surface area (Å²) in [5.74, 6) is -1.68. The lowest BCUT2D eigenvalue weighted by atomic mass is 10.1. The molecule has 0 spiro atoms. The van der Waals surface area contributed by atoms with Crippen LogP contribution in [0.15, 0.2) is 12.7 Å². The number of rotatable bonds is 1. The molecule has 0 atom stereocenters. The van der Waals surface area contributed by atoms with Gasteiger partial charge in [-0.3, -0.25) is 9.59 Å². The lowest BCUT2D eigenvalue weighted by Gasteiger charge is -2.17. The van der Waals surface area contributed by atoms with Crippen LogP contribution in [0.25, 0.3) is 0 Å². The van der Waals surface area contributed by atoms with Gasteiger partial charge in [-0.15, -0.1) is 6.58 Å². The van der Waals surface area contributed by atoms with E-state index in [1.165, 1.54) is 6.08 Å². The molecule has 1 heterocycles. The molecule has 8 heavy (non-hydrogen) atoms. The van der Waals surface area contributed by atoms with Gasteiger partial charge < -0.3 is 4.74 Å². The minimum absolute atomic E-state index is 0.495. The normalized spacial score (nSPS) is 19.5. The molecule has 3 nitrogen and oxygen atoms in total. The van der Waals surface area contributed by atoms with E-state index in [0.29, 0.717) is 0 Å². The first-order valence-electron chi connectivity index (χ1n) is 2.14. The summed E-state index contributed by atoms with van der Waals surface area (Å²) in [6.07, 6.45) is 1.27. The minimum atomic E-state index is -0.685. The third kappa shape index (κ3) is 0.443. The van der Waals surface area contributed by atoms with E-state index < -0.39 is 17.9 Å². The van der Waals surface area contributed by atoms with Gasteiger partial charge in [0.15, 0.2) is 5.92 Å². The van der Waals surface area contributed by atoms with Crippen LogP contribution in [0.4, 0.5) is 0 Å². The lowest BCUT2D eigenvalue weighted by Crippen LogP contribution is -2.38. The highest BCUT2D eigenvalue weighted by Crippen LogP contribution is 2.14. The summed E-state index contributed by atoms with van der Waals surface area (Å²) in [7, 11) is 0. The quantitative estimate of drug-likeness (QED) is 0.269. The third-order valence-corrected chi connectivity index (χ3v) is 0.945. The maximum absolute atomic E-state index is 10.2. The van der Waals surface area contributed by atoms with Crippen LogP contribution in [0.5, 0.6) is 0 Å². The molecular formula is C5H4O3. The van der Waals surface area contributed by atoms with Crippen LogP contribution in [0, 0.1) is 5.92 Å². The molecule has 0 amide bonds. The van der Waals surface area contributed by atoms with Crippen LogP contribution < -0.4 is 0 Å². The van der Waals surface area contributed by atoms with Gasteiger partial charge in [0.05, 0.1) is 0 Å².